The normalized spacial score (nSPS) is 11.7. The van der Waals surface area contributed by atoms with Gasteiger partial charge in [-0.05, 0) is 48.2 Å². The molecule has 0 saturated carbocycles. The van der Waals surface area contributed by atoms with Gasteiger partial charge in [-0.1, -0.05) is 13.3 Å². The molecule has 12 heteroatoms. The lowest BCUT2D eigenvalue weighted by Crippen LogP contribution is -2.41. The topological polar surface area (TPSA) is 206 Å². The molecule has 12 nitrogen and oxygen atoms in total. The maximum absolute atomic E-state index is 12.4. The molecule has 0 unspecified atom stereocenters. The summed E-state index contributed by atoms with van der Waals surface area (Å²) >= 11 is 0. The molecule has 35 heavy (non-hydrogen) atoms. The van der Waals surface area contributed by atoms with Crippen molar-refractivity contribution in [2.24, 2.45) is 0 Å². The molecule has 184 valence electrons. The van der Waals surface area contributed by atoms with Crippen molar-refractivity contribution in [2.45, 2.75) is 45.2 Å². The van der Waals surface area contributed by atoms with Crippen molar-refractivity contribution >= 4 is 46.3 Å². The predicted octanol–water partition coefficient (Wildman–Crippen LogP) is 1.80. The van der Waals surface area contributed by atoms with Crippen LogP contribution in [0.15, 0.2) is 30.5 Å². The fraction of sp³-hybridized carbons (Fsp3) is 0.304. The monoisotopic (exact) mass is 481 g/mol. The van der Waals surface area contributed by atoms with Gasteiger partial charge in [0.15, 0.2) is 5.65 Å². The van der Waals surface area contributed by atoms with Crippen molar-refractivity contribution in [1.29, 1.82) is 0 Å². The number of carboxylic acids is 2. The number of fused-ring (bicyclic) bond motifs is 1. The number of rotatable bonds is 11. The van der Waals surface area contributed by atoms with Crippen LogP contribution in [0.25, 0.3) is 11.0 Å². The number of aryl methyl sites for hydroxylation is 1. The Labute approximate surface area is 200 Å². The summed E-state index contributed by atoms with van der Waals surface area (Å²) in [4.78, 5) is 47.0. The number of aliphatic carboxylic acids is 2. The Morgan fingerprint density at radius 1 is 1.09 bits per heavy atom. The maximum Gasteiger partial charge on any atom is 0.326 e. The first-order valence-corrected chi connectivity index (χ1v) is 11.0. The maximum atomic E-state index is 12.4. The molecule has 0 fully saturated rings. The average molecular weight is 482 g/mol. The van der Waals surface area contributed by atoms with Gasteiger partial charge in [-0.3, -0.25) is 9.59 Å². The number of aromatic nitrogens is 3. The fourth-order valence-corrected chi connectivity index (χ4v) is 3.64. The summed E-state index contributed by atoms with van der Waals surface area (Å²) in [6, 6.07) is 5.19. The van der Waals surface area contributed by atoms with Crippen LogP contribution in [-0.2, 0) is 22.6 Å². The van der Waals surface area contributed by atoms with Gasteiger partial charge in [0.05, 0.1) is 5.39 Å². The number of benzene rings is 1. The molecule has 0 aliphatic carbocycles. The number of carbonyl (C=O) groups is 3. The summed E-state index contributed by atoms with van der Waals surface area (Å²) in [5.74, 6) is -2.68. The Morgan fingerprint density at radius 3 is 2.43 bits per heavy atom. The van der Waals surface area contributed by atoms with Crippen LogP contribution < -0.4 is 22.1 Å². The lowest BCUT2D eigenvalue weighted by Gasteiger charge is -2.15. The number of pyridine rings is 1. The van der Waals surface area contributed by atoms with Crippen molar-refractivity contribution in [2.75, 3.05) is 16.8 Å². The second-order valence-corrected chi connectivity index (χ2v) is 7.91. The minimum Gasteiger partial charge on any atom is -0.481 e. The van der Waals surface area contributed by atoms with Crippen LogP contribution in [0.1, 0.15) is 47.7 Å². The van der Waals surface area contributed by atoms with Gasteiger partial charge in [0.2, 0.25) is 5.95 Å². The summed E-state index contributed by atoms with van der Waals surface area (Å²) in [5, 5.41) is 24.3. The van der Waals surface area contributed by atoms with E-state index in [0.717, 1.165) is 29.7 Å². The highest BCUT2D eigenvalue weighted by Gasteiger charge is 2.21. The van der Waals surface area contributed by atoms with Crippen LogP contribution >= 0.6 is 0 Å². The third kappa shape index (κ3) is 6.31. The molecule has 0 aliphatic rings. The van der Waals surface area contributed by atoms with E-state index in [4.69, 9.17) is 16.6 Å². The Balaban J connectivity index is 1.71. The molecule has 0 aliphatic heterocycles. The molecule has 0 radical (unpaired) electrons. The number of nitrogens with one attached hydrogen (secondary N) is 2. The van der Waals surface area contributed by atoms with Gasteiger partial charge >= 0.3 is 11.9 Å². The van der Waals surface area contributed by atoms with E-state index in [1.807, 2.05) is 0 Å². The molecule has 0 saturated heterocycles. The summed E-state index contributed by atoms with van der Waals surface area (Å²) in [5.41, 5.74) is 15.1. The first-order chi connectivity index (χ1) is 16.7. The first-order valence-electron chi connectivity index (χ1n) is 11.0. The molecule has 2 aromatic heterocycles. The molecule has 3 aromatic rings. The third-order valence-corrected chi connectivity index (χ3v) is 5.35. The largest absolute Gasteiger partial charge is 0.481 e. The number of nitrogens with zero attached hydrogens (tertiary/aromatic N) is 3. The SMILES string of the molecule is CCCc1c(CNc2ccc(C(=O)N[C@@H](CCC(=O)O)C(=O)O)cc2)cnc2nc(N)nc(N)c12. The predicted molar refractivity (Wildman–Crippen MR) is 130 cm³/mol. The second kappa shape index (κ2) is 11.1. The molecular weight excluding hydrogens is 454 g/mol. The number of hydrogen-bond donors (Lipinski definition) is 6. The standard InChI is InChI=1S/C23H27N7O5/c1-2-3-15-13(11-27-20-18(15)19(24)29-23(25)30-20)10-26-14-6-4-12(5-7-14)21(33)28-16(22(34)35)8-9-17(31)32/h4-7,11,16,26H,2-3,8-10H2,1H3,(H,28,33)(H,31,32)(H,34,35)(H4,24,25,27,29,30)/t16-/m0/s1. The third-order valence-electron chi connectivity index (χ3n) is 5.35. The Hall–Kier alpha value is -4.48. The van der Waals surface area contributed by atoms with Crippen molar-refractivity contribution in [1.82, 2.24) is 20.3 Å². The van der Waals surface area contributed by atoms with Gasteiger partial charge in [-0.2, -0.15) is 9.97 Å². The molecule has 2 heterocycles. The zero-order valence-electron chi connectivity index (χ0n) is 19.1. The van der Waals surface area contributed by atoms with E-state index in [9.17, 15) is 19.5 Å². The Morgan fingerprint density at radius 2 is 1.80 bits per heavy atom. The van der Waals surface area contributed by atoms with Gasteiger partial charge in [-0.15, -0.1) is 0 Å². The highest BCUT2D eigenvalue weighted by molar-refractivity contribution is 5.97. The van der Waals surface area contributed by atoms with Gasteiger partial charge in [0, 0.05) is 30.4 Å². The smallest absolute Gasteiger partial charge is 0.326 e. The van der Waals surface area contributed by atoms with Crippen LogP contribution in [0.2, 0.25) is 0 Å². The summed E-state index contributed by atoms with van der Waals surface area (Å²) in [7, 11) is 0. The Bertz CT molecular complexity index is 1250. The zero-order chi connectivity index (χ0) is 25.5. The van der Waals surface area contributed by atoms with Crippen molar-refractivity contribution in [3.8, 4) is 0 Å². The van der Waals surface area contributed by atoms with Crippen LogP contribution in [0.5, 0.6) is 0 Å². The average Bonchev–Trinajstić information content (AvgIpc) is 2.80. The van der Waals surface area contributed by atoms with Crippen LogP contribution in [0.3, 0.4) is 0 Å². The van der Waals surface area contributed by atoms with Crippen molar-refractivity contribution < 1.29 is 24.6 Å². The summed E-state index contributed by atoms with van der Waals surface area (Å²) in [6.45, 7) is 2.49. The molecule has 3 rings (SSSR count). The fourth-order valence-electron chi connectivity index (χ4n) is 3.64. The molecule has 1 amide bonds. The van der Waals surface area contributed by atoms with E-state index in [1.165, 1.54) is 0 Å². The lowest BCUT2D eigenvalue weighted by atomic mass is 10.0. The van der Waals surface area contributed by atoms with Crippen LogP contribution in [0.4, 0.5) is 17.5 Å². The number of carbonyl (C=O) groups excluding carboxylic acids is 1. The van der Waals surface area contributed by atoms with Crippen molar-refractivity contribution in [3.05, 3.63) is 47.2 Å². The van der Waals surface area contributed by atoms with Crippen LogP contribution in [0, 0.1) is 0 Å². The highest BCUT2D eigenvalue weighted by atomic mass is 16.4. The first kappa shape index (κ1) is 25.1. The quantitative estimate of drug-likeness (QED) is 0.233. The molecule has 0 spiro atoms. The van der Waals surface area contributed by atoms with Gasteiger partial charge in [-0.25, -0.2) is 9.78 Å². The molecule has 0 bridgehead atoms. The van der Waals surface area contributed by atoms with E-state index in [-0.39, 0.29) is 30.2 Å². The number of hydrogen-bond acceptors (Lipinski definition) is 9. The number of amides is 1. The van der Waals surface area contributed by atoms with Gasteiger partial charge < -0.3 is 32.3 Å². The van der Waals surface area contributed by atoms with E-state index in [0.29, 0.717) is 17.6 Å². The Kier molecular flexibility index (Phi) is 7.97. The van der Waals surface area contributed by atoms with E-state index in [1.54, 1.807) is 30.5 Å². The minimum absolute atomic E-state index is 0.0662. The summed E-state index contributed by atoms with van der Waals surface area (Å²) in [6.07, 6.45) is 2.77. The zero-order valence-corrected chi connectivity index (χ0v) is 19.1. The van der Waals surface area contributed by atoms with Gasteiger partial charge in [0.25, 0.3) is 5.91 Å². The van der Waals surface area contributed by atoms with Crippen molar-refractivity contribution in [3.63, 3.8) is 0 Å². The lowest BCUT2D eigenvalue weighted by molar-refractivity contribution is -0.140. The second-order valence-electron chi connectivity index (χ2n) is 7.91. The van der Waals surface area contributed by atoms with Gasteiger partial charge in [0.1, 0.15) is 11.9 Å². The molecule has 8 N–H and O–H groups in total. The van der Waals surface area contributed by atoms with E-state index >= 15 is 0 Å². The minimum atomic E-state index is -1.29. The number of anilines is 3. The van der Waals surface area contributed by atoms with Crippen LogP contribution in [-0.4, -0.2) is 49.1 Å². The summed E-state index contributed by atoms with van der Waals surface area (Å²) < 4.78 is 0. The van der Waals surface area contributed by atoms with E-state index < -0.39 is 23.9 Å². The molecule has 1 atom stereocenters. The number of carboxylic acid groups (broad SMARTS) is 2. The van der Waals surface area contributed by atoms with E-state index in [2.05, 4.69) is 32.5 Å². The molecular formula is C23H27N7O5. The number of nitrogen functional groups attached to an aromatic ring is 2. The number of nitrogens with two attached hydrogens (primary N) is 2. The molecule has 1 aromatic carbocycles. The highest BCUT2D eigenvalue weighted by Crippen LogP contribution is 2.26.